The van der Waals surface area contributed by atoms with Crippen molar-refractivity contribution >= 4 is 11.1 Å². The Morgan fingerprint density at radius 1 is 0.625 bits per heavy atom. The van der Waals surface area contributed by atoms with Crippen LogP contribution >= 0.6 is 0 Å². The summed E-state index contributed by atoms with van der Waals surface area (Å²) in [6.45, 7) is 4.63. The molecule has 0 saturated heterocycles. The van der Waals surface area contributed by atoms with Crippen molar-refractivity contribution in [2.45, 2.75) is 52.4 Å². The maximum Gasteiger partial charge on any atom is -0.00578 e. The zero-order valence-corrected chi connectivity index (χ0v) is 14.9. The summed E-state index contributed by atoms with van der Waals surface area (Å²) in [6, 6.07) is 17.9. The largest absolute Gasteiger partial charge is 0.0651 e. The number of benzene rings is 2. The summed E-state index contributed by atoms with van der Waals surface area (Å²) in [5, 5.41) is 0. The maximum atomic E-state index is 2.31. The molecule has 0 fully saturated rings. The molecule has 0 aromatic heterocycles. The fraction of sp³-hybridized carbons (Fsp3) is 0.333. The van der Waals surface area contributed by atoms with Gasteiger partial charge in [0.05, 0.1) is 0 Å². The third kappa shape index (κ3) is 2.75. The van der Waals surface area contributed by atoms with Gasteiger partial charge >= 0.3 is 0 Å². The first-order valence-corrected chi connectivity index (χ1v) is 9.28. The molecule has 4 rings (SSSR count). The smallest absolute Gasteiger partial charge is 0.00578 e. The van der Waals surface area contributed by atoms with Crippen molar-refractivity contribution in [2.24, 2.45) is 0 Å². The molecule has 0 heterocycles. The molecule has 0 N–H and O–H groups in total. The molecular formula is C24H26. The molecule has 122 valence electrons. The third-order valence-electron chi connectivity index (χ3n) is 5.73. The van der Waals surface area contributed by atoms with E-state index in [1.165, 1.54) is 47.9 Å². The first-order valence-electron chi connectivity index (χ1n) is 9.28. The van der Waals surface area contributed by atoms with Gasteiger partial charge in [0.15, 0.2) is 0 Å². The van der Waals surface area contributed by atoms with Gasteiger partial charge in [0.1, 0.15) is 0 Å². The minimum atomic E-state index is 1.16. The highest BCUT2D eigenvalue weighted by molar-refractivity contribution is 5.77. The average Bonchev–Trinajstić information content (AvgIpc) is 3.08. The summed E-state index contributed by atoms with van der Waals surface area (Å²) in [5.41, 5.74) is 12.5. The fourth-order valence-electron chi connectivity index (χ4n) is 4.48. The third-order valence-corrected chi connectivity index (χ3v) is 5.73. The minimum absolute atomic E-state index is 1.16. The van der Waals surface area contributed by atoms with Crippen molar-refractivity contribution in [3.8, 4) is 0 Å². The van der Waals surface area contributed by atoms with E-state index in [-0.39, 0.29) is 0 Å². The van der Waals surface area contributed by atoms with Crippen molar-refractivity contribution in [3.05, 3.63) is 81.9 Å². The van der Waals surface area contributed by atoms with E-state index in [0.29, 0.717) is 0 Å². The molecule has 0 radical (unpaired) electrons. The molecule has 0 heteroatoms. The first-order chi connectivity index (χ1) is 11.7. The van der Waals surface area contributed by atoms with Crippen LogP contribution in [0, 0.1) is 0 Å². The molecule has 0 spiro atoms. The van der Waals surface area contributed by atoms with Gasteiger partial charge in [-0.1, -0.05) is 59.7 Å². The second-order valence-corrected chi connectivity index (χ2v) is 7.39. The van der Waals surface area contributed by atoms with Crippen LogP contribution in [0.2, 0.25) is 0 Å². The Bertz CT molecular complexity index is 761. The van der Waals surface area contributed by atoms with Gasteiger partial charge in [-0.3, -0.25) is 0 Å². The molecule has 0 nitrogen and oxygen atoms in total. The number of allylic oxidation sites excluding steroid dienone is 4. The van der Waals surface area contributed by atoms with Crippen molar-refractivity contribution in [1.29, 1.82) is 0 Å². The Morgan fingerprint density at radius 3 is 1.50 bits per heavy atom. The van der Waals surface area contributed by atoms with Crippen molar-refractivity contribution in [3.63, 3.8) is 0 Å². The normalized spacial score (nSPS) is 15.9. The summed E-state index contributed by atoms with van der Waals surface area (Å²) in [4.78, 5) is 0. The quantitative estimate of drug-likeness (QED) is 0.545. The van der Waals surface area contributed by atoms with Crippen LogP contribution in [0.5, 0.6) is 0 Å². The van der Waals surface area contributed by atoms with E-state index in [4.69, 9.17) is 0 Å². The number of hydrogen-bond donors (Lipinski definition) is 0. The number of hydrogen-bond acceptors (Lipinski definition) is 0. The SMILES string of the molecule is CC1=C(CCCCC2=C(C)Cc3ccccc32)c2ccccc2C1. The molecule has 0 bridgehead atoms. The molecule has 0 atom stereocenters. The summed E-state index contributed by atoms with van der Waals surface area (Å²) in [5.74, 6) is 0. The summed E-state index contributed by atoms with van der Waals surface area (Å²) >= 11 is 0. The highest BCUT2D eigenvalue weighted by atomic mass is 14.2. The van der Waals surface area contributed by atoms with Gasteiger partial charge in [-0.2, -0.15) is 0 Å². The van der Waals surface area contributed by atoms with Crippen LogP contribution < -0.4 is 0 Å². The van der Waals surface area contributed by atoms with Gasteiger partial charge in [-0.25, -0.2) is 0 Å². The van der Waals surface area contributed by atoms with Gasteiger partial charge < -0.3 is 0 Å². The Labute approximate surface area is 145 Å². The van der Waals surface area contributed by atoms with Gasteiger partial charge in [-0.05, 0) is 85.8 Å². The lowest BCUT2D eigenvalue weighted by Gasteiger charge is -2.09. The topological polar surface area (TPSA) is 0 Å². The average molecular weight is 314 g/mol. The van der Waals surface area contributed by atoms with E-state index in [2.05, 4.69) is 62.4 Å². The Morgan fingerprint density at radius 2 is 1.04 bits per heavy atom. The van der Waals surface area contributed by atoms with Crippen LogP contribution in [0.4, 0.5) is 0 Å². The van der Waals surface area contributed by atoms with Crippen molar-refractivity contribution in [2.75, 3.05) is 0 Å². The maximum absolute atomic E-state index is 2.31. The Balaban J connectivity index is 1.38. The molecule has 2 aliphatic carbocycles. The Kier molecular flexibility index (Phi) is 4.14. The van der Waals surface area contributed by atoms with Gasteiger partial charge in [0.25, 0.3) is 0 Å². The van der Waals surface area contributed by atoms with Gasteiger partial charge in [0, 0.05) is 0 Å². The van der Waals surface area contributed by atoms with Gasteiger partial charge in [-0.15, -0.1) is 0 Å². The zero-order chi connectivity index (χ0) is 16.5. The fourth-order valence-corrected chi connectivity index (χ4v) is 4.48. The molecule has 2 aromatic carbocycles. The highest BCUT2D eigenvalue weighted by Gasteiger charge is 2.19. The van der Waals surface area contributed by atoms with Crippen LogP contribution in [0.3, 0.4) is 0 Å². The van der Waals surface area contributed by atoms with Crippen LogP contribution in [0.25, 0.3) is 11.1 Å². The van der Waals surface area contributed by atoms with Crippen molar-refractivity contribution < 1.29 is 0 Å². The molecule has 0 saturated carbocycles. The monoisotopic (exact) mass is 314 g/mol. The number of rotatable bonds is 5. The molecule has 2 aliphatic rings. The molecule has 24 heavy (non-hydrogen) atoms. The van der Waals surface area contributed by atoms with Crippen LogP contribution in [-0.2, 0) is 12.8 Å². The second kappa shape index (κ2) is 6.43. The van der Waals surface area contributed by atoms with Gasteiger partial charge in [0.2, 0.25) is 0 Å². The molecule has 0 unspecified atom stereocenters. The highest BCUT2D eigenvalue weighted by Crippen LogP contribution is 2.38. The molecule has 0 amide bonds. The first kappa shape index (κ1) is 15.4. The van der Waals surface area contributed by atoms with E-state index in [0.717, 1.165) is 12.8 Å². The van der Waals surface area contributed by atoms with E-state index < -0.39 is 0 Å². The van der Waals surface area contributed by atoms with Crippen LogP contribution in [-0.4, -0.2) is 0 Å². The second-order valence-electron chi connectivity index (χ2n) is 7.39. The number of fused-ring (bicyclic) bond motifs is 2. The lowest BCUT2D eigenvalue weighted by atomic mass is 9.96. The van der Waals surface area contributed by atoms with Crippen molar-refractivity contribution in [1.82, 2.24) is 0 Å². The summed E-state index contributed by atoms with van der Waals surface area (Å²) in [6.07, 6.45) is 7.36. The predicted molar refractivity (Wildman–Crippen MR) is 104 cm³/mol. The van der Waals surface area contributed by atoms with Crippen LogP contribution in [0.1, 0.15) is 61.8 Å². The molecule has 2 aromatic rings. The van der Waals surface area contributed by atoms with E-state index in [1.54, 1.807) is 22.3 Å². The van der Waals surface area contributed by atoms with E-state index in [1.807, 2.05) is 0 Å². The standard InChI is InChI=1S/C24H26/c1-17-15-19-9-3-5-13-23(19)21(17)11-7-8-12-22-18(2)16-20-10-4-6-14-24(20)22/h3-6,9-10,13-14H,7-8,11-12,15-16H2,1-2H3. The minimum Gasteiger partial charge on any atom is -0.0651 e. The summed E-state index contributed by atoms with van der Waals surface area (Å²) in [7, 11) is 0. The zero-order valence-electron chi connectivity index (χ0n) is 14.9. The lowest BCUT2D eigenvalue weighted by Crippen LogP contribution is -1.88. The molecular weight excluding hydrogens is 288 g/mol. The Hall–Kier alpha value is -2.08. The van der Waals surface area contributed by atoms with Crippen LogP contribution in [0.15, 0.2) is 59.7 Å². The lowest BCUT2D eigenvalue weighted by molar-refractivity contribution is 0.775. The number of unbranched alkanes of at least 4 members (excludes halogenated alkanes) is 1. The molecule has 0 aliphatic heterocycles. The predicted octanol–water partition coefficient (Wildman–Crippen LogP) is 6.61. The summed E-state index contributed by atoms with van der Waals surface area (Å²) < 4.78 is 0. The van der Waals surface area contributed by atoms with E-state index >= 15 is 0 Å². The van der Waals surface area contributed by atoms with E-state index in [9.17, 15) is 0 Å².